The Hall–Kier alpha value is -1.50. The summed E-state index contributed by atoms with van der Waals surface area (Å²) >= 11 is 0. The molecule has 8 N–H and O–H groups in total. The molecule has 0 atom stereocenters. The zero-order valence-electron chi connectivity index (χ0n) is 7.20. The highest BCUT2D eigenvalue weighted by Crippen LogP contribution is 1.92. The molecule has 1 aliphatic heterocycles. The van der Waals surface area contributed by atoms with E-state index in [1.165, 1.54) is 0 Å². The van der Waals surface area contributed by atoms with E-state index >= 15 is 0 Å². The third kappa shape index (κ3) is 6.88. The van der Waals surface area contributed by atoms with E-state index in [0.29, 0.717) is 12.5 Å². The Morgan fingerprint density at radius 1 is 1.62 bits per heavy atom. The second-order valence-corrected chi connectivity index (χ2v) is 2.22. The Bertz CT molecular complexity index is 223. The predicted molar refractivity (Wildman–Crippen MR) is 44.6 cm³/mol. The van der Waals surface area contributed by atoms with Crippen molar-refractivity contribution in [3.63, 3.8) is 0 Å². The van der Waals surface area contributed by atoms with Crippen LogP contribution in [0.15, 0.2) is 4.99 Å². The van der Waals surface area contributed by atoms with Gasteiger partial charge in [-0.05, 0) is 0 Å². The number of carbonyl (C=O) groups is 1. The summed E-state index contributed by atoms with van der Waals surface area (Å²) in [6.45, 7) is 0.325. The maximum absolute atomic E-state index is 10.4. The molecule has 0 bridgehead atoms. The van der Waals surface area contributed by atoms with Gasteiger partial charge in [0, 0.05) is 7.05 Å². The zero-order valence-corrected chi connectivity index (χ0v) is 7.95. The first-order valence-corrected chi connectivity index (χ1v) is 3.15. The Kier molecular flexibility index (Phi) is 6.55. The summed E-state index contributed by atoms with van der Waals surface area (Å²) in [5, 5.41) is 4.58. The molecule has 76 valence electrons. The Morgan fingerprint density at radius 3 is 2.08 bits per heavy atom. The third-order valence-electron chi connectivity index (χ3n) is 1.00. The lowest BCUT2D eigenvalue weighted by atomic mass is 10.6. The molecule has 1 amide bonds. The minimum atomic E-state index is -0.162. The number of guanidine groups is 2. The standard InChI is InChI=1S/C4H7N3O.CH5N3.ClH/c1-7-2-3(8)6-4(7)5;2-1(3)4;/h2H2,1H3,(H2,5,6,8);(H5,2,3,4);1H. The molecular weight excluding hydrogens is 196 g/mol. The largest absolute Gasteiger partial charge is 1.00 e. The molecule has 1 heterocycles. The number of hydrogen-bond acceptors (Lipinski definition) is 3. The fourth-order valence-electron chi connectivity index (χ4n) is 0.532. The van der Waals surface area contributed by atoms with Crippen molar-refractivity contribution in [3.05, 3.63) is 0 Å². The number of nitrogens with zero attached hydrogens (tertiary/aromatic N) is 2. The van der Waals surface area contributed by atoms with E-state index < -0.39 is 0 Å². The highest BCUT2D eigenvalue weighted by molar-refractivity contribution is 5.99. The molecule has 8 heteroatoms. The van der Waals surface area contributed by atoms with Crippen LogP contribution in [0.25, 0.3) is 0 Å². The summed E-state index contributed by atoms with van der Waals surface area (Å²) in [6, 6.07) is 0. The molecule has 0 aromatic heterocycles. The maximum Gasteiger partial charge on any atom is 0.336 e. The Labute approximate surface area is 81.9 Å². The molecule has 0 fully saturated rings. The van der Waals surface area contributed by atoms with E-state index in [2.05, 4.69) is 21.9 Å². The molecular formula is C5H13ClN6O. The highest BCUT2D eigenvalue weighted by atomic mass is 35.5. The van der Waals surface area contributed by atoms with Crippen LogP contribution in [0.1, 0.15) is 0 Å². The van der Waals surface area contributed by atoms with Crippen LogP contribution >= 0.6 is 0 Å². The molecule has 1 rings (SSSR count). The van der Waals surface area contributed by atoms with Gasteiger partial charge in [0.2, 0.25) is 0 Å². The molecule has 7 nitrogen and oxygen atoms in total. The van der Waals surface area contributed by atoms with E-state index in [1.807, 2.05) is 0 Å². The second kappa shape index (κ2) is 6.06. The van der Waals surface area contributed by atoms with Gasteiger partial charge in [-0.25, -0.2) is 0 Å². The van der Waals surface area contributed by atoms with Gasteiger partial charge in [0.15, 0.2) is 5.96 Å². The minimum absolute atomic E-state index is 0. The Morgan fingerprint density at radius 2 is 2.00 bits per heavy atom. The van der Waals surface area contributed by atoms with Gasteiger partial charge >= 0.3 is 5.96 Å². The molecule has 0 aliphatic carbocycles. The zero-order chi connectivity index (χ0) is 9.72. The van der Waals surface area contributed by atoms with Crippen molar-refractivity contribution in [1.29, 1.82) is 0 Å². The number of nitrogens with two attached hydrogens (primary N) is 4. The molecule has 1 aliphatic rings. The SMILES string of the molecule is CN1CC(=O)N=C1N.NC(N)=[NH2+].[Cl-]. The van der Waals surface area contributed by atoms with Crippen molar-refractivity contribution < 1.29 is 22.6 Å². The summed E-state index contributed by atoms with van der Waals surface area (Å²) in [4.78, 5) is 15.4. The van der Waals surface area contributed by atoms with Gasteiger partial charge in [0.1, 0.15) is 6.54 Å². The average Bonchev–Trinajstić information content (AvgIpc) is 2.08. The number of likely N-dealkylation sites (N-methyl/N-ethyl adjacent to an activating group) is 1. The third-order valence-corrected chi connectivity index (χ3v) is 1.00. The van der Waals surface area contributed by atoms with Crippen LogP contribution in [0.5, 0.6) is 0 Å². The average molecular weight is 209 g/mol. The molecule has 13 heavy (non-hydrogen) atoms. The smallest absolute Gasteiger partial charge is 0.336 e. The van der Waals surface area contributed by atoms with Crippen molar-refractivity contribution in [3.8, 4) is 0 Å². The predicted octanol–water partition coefficient (Wildman–Crippen LogP) is -7.20. The number of carbonyl (C=O) groups excluding carboxylic acids is 1. The van der Waals surface area contributed by atoms with E-state index in [-0.39, 0.29) is 24.3 Å². The van der Waals surface area contributed by atoms with Crippen LogP contribution in [0.3, 0.4) is 0 Å². The van der Waals surface area contributed by atoms with Crippen LogP contribution in [0.2, 0.25) is 0 Å². The van der Waals surface area contributed by atoms with Gasteiger partial charge in [-0.1, -0.05) is 0 Å². The first-order chi connectivity index (χ1) is 5.43. The van der Waals surface area contributed by atoms with Crippen LogP contribution in [-0.2, 0) is 4.79 Å². The van der Waals surface area contributed by atoms with Crippen molar-refractivity contribution in [1.82, 2.24) is 4.90 Å². The van der Waals surface area contributed by atoms with Crippen molar-refractivity contribution in [2.45, 2.75) is 0 Å². The molecule has 0 saturated carbocycles. The Balaban J connectivity index is 0. The monoisotopic (exact) mass is 208 g/mol. The number of aliphatic imine (C=N–C) groups is 1. The van der Waals surface area contributed by atoms with Crippen molar-refractivity contribution >= 4 is 17.8 Å². The number of hydrogen-bond donors (Lipinski definition) is 4. The van der Waals surface area contributed by atoms with E-state index in [4.69, 9.17) is 5.73 Å². The lowest BCUT2D eigenvalue weighted by molar-refractivity contribution is -0.117. The summed E-state index contributed by atoms with van der Waals surface area (Å²) in [5.41, 5.74) is 14.4. The molecule has 0 saturated heterocycles. The molecule has 0 radical (unpaired) electrons. The summed E-state index contributed by atoms with van der Waals surface area (Å²) in [5.74, 6) is 0.0694. The van der Waals surface area contributed by atoms with Crippen molar-refractivity contribution in [2.24, 2.45) is 22.2 Å². The first-order valence-electron chi connectivity index (χ1n) is 3.15. The maximum atomic E-state index is 10.4. The molecule has 0 unspecified atom stereocenters. The lowest BCUT2D eigenvalue weighted by Crippen LogP contribution is -3.00. The summed E-state index contributed by atoms with van der Waals surface area (Å²) in [6.07, 6.45) is 0. The molecule has 0 aromatic carbocycles. The van der Waals surface area contributed by atoms with E-state index in [0.717, 1.165) is 0 Å². The van der Waals surface area contributed by atoms with Gasteiger partial charge in [0.25, 0.3) is 5.91 Å². The number of amides is 1. The second-order valence-electron chi connectivity index (χ2n) is 2.22. The minimum Gasteiger partial charge on any atom is -1.00 e. The molecule has 0 aromatic rings. The quantitative estimate of drug-likeness (QED) is 0.232. The van der Waals surface area contributed by atoms with Gasteiger partial charge < -0.3 is 23.0 Å². The fourth-order valence-corrected chi connectivity index (χ4v) is 0.532. The van der Waals surface area contributed by atoms with Crippen LogP contribution in [-0.4, -0.2) is 36.3 Å². The van der Waals surface area contributed by atoms with Gasteiger partial charge in [-0.3, -0.25) is 21.7 Å². The summed E-state index contributed by atoms with van der Waals surface area (Å²) < 4.78 is 0. The molecule has 0 spiro atoms. The van der Waals surface area contributed by atoms with E-state index in [1.54, 1.807) is 11.9 Å². The topological polar surface area (TPSA) is 136 Å². The van der Waals surface area contributed by atoms with Gasteiger partial charge in [-0.15, -0.1) is 0 Å². The first kappa shape index (κ1) is 14.0. The van der Waals surface area contributed by atoms with Crippen LogP contribution in [0, 0.1) is 0 Å². The van der Waals surface area contributed by atoms with Crippen LogP contribution in [0.4, 0.5) is 0 Å². The fraction of sp³-hybridized carbons (Fsp3) is 0.400. The normalized spacial score (nSPS) is 13.8. The number of rotatable bonds is 0. The lowest BCUT2D eigenvalue weighted by Gasteiger charge is -2.05. The van der Waals surface area contributed by atoms with Crippen molar-refractivity contribution in [2.75, 3.05) is 13.6 Å². The van der Waals surface area contributed by atoms with Gasteiger partial charge in [0.05, 0.1) is 0 Å². The van der Waals surface area contributed by atoms with Gasteiger partial charge in [-0.2, -0.15) is 4.99 Å². The van der Waals surface area contributed by atoms with E-state index in [9.17, 15) is 4.79 Å². The summed E-state index contributed by atoms with van der Waals surface area (Å²) in [7, 11) is 1.73. The van der Waals surface area contributed by atoms with Crippen LogP contribution < -0.4 is 35.0 Å². The highest BCUT2D eigenvalue weighted by Gasteiger charge is 2.15. The number of halogens is 1.